The van der Waals surface area contributed by atoms with Crippen LogP contribution in [0.5, 0.6) is 0 Å². The predicted molar refractivity (Wildman–Crippen MR) is 90.2 cm³/mol. The van der Waals surface area contributed by atoms with Crippen molar-refractivity contribution < 1.29 is 8.78 Å². The normalized spacial score (nSPS) is 24.0. The van der Waals surface area contributed by atoms with Crippen LogP contribution in [0, 0.1) is 11.6 Å². The fourth-order valence-electron chi connectivity index (χ4n) is 2.70. The molecule has 118 valence electrons. The first-order valence-electron chi connectivity index (χ1n) is 7.58. The lowest BCUT2D eigenvalue weighted by Gasteiger charge is -2.36. The van der Waals surface area contributed by atoms with Crippen molar-refractivity contribution in [3.05, 3.63) is 35.4 Å². The molecule has 1 N–H and O–H groups in total. The summed E-state index contributed by atoms with van der Waals surface area (Å²) in [7, 11) is 0. The van der Waals surface area contributed by atoms with Crippen molar-refractivity contribution in [2.75, 3.05) is 18.1 Å². The molecule has 1 aliphatic rings. The first-order chi connectivity index (χ1) is 10.2. The van der Waals surface area contributed by atoms with Gasteiger partial charge in [-0.25, -0.2) is 8.78 Å². The number of nitrogens with one attached hydrogen (secondary N) is 1. The van der Waals surface area contributed by atoms with E-state index in [1.54, 1.807) is 0 Å². The number of halogens is 2. The third kappa shape index (κ3) is 4.36. The van der Waals surface area contributed by atoms with Crippen LogP contribution in [0.25, 0.3) is 0 Å². The molecule has 3 unspecified atom stereocenters. The van der Waals surface area contributed by atoms with E-state index >= 15 is 0 Å². The molecule has 2 rings (SSSR count). The van der Waals surface area contributed by atoms with Gasteiger partial charge >= 0.3 is 0 Å². The highest BCUT2D eigenvalue weighted by Crippen LogP contribution is 2.40. The molecule has 3 atom stereocenters. The molecule has 1 aromatic carbocycles. The smallest absolute Gasteiger partial charge is 0.128 e. The number of benzene rings is 1. The quantitative estimate of drug-likeness (QED) is 0.816. The fourth-order valence-corrected chi connectivity index (χ4v) is 5.94. The van der Waals surface area contributed by atoms with Crippen molar-refractivity contribution in [1.82, 2.24) is 5.32 Å². The van der Waals surface area contributed by atoms with Crippen LogP contribution in [-0.4, -0.2) is 28.6 Å². The van der Waals surface area contributed by atoms with E-state index in [0.717, 1.165) is 30.9 Å². The van der Waals surface area contributed by atoms with Gasteiger partial charge in [-0.2, -0.15) is 23.5 Å². The third-order valence-electron chi connectivity index (χ3n) is 3.73. The highest BCUT2D eigenvalue weighted by Gasteiger charge is 2.34. The van der Waals surface area contributed by atoms with Crippen molar-refractivity contribution in [3.63, 3.8) is 0 Å². The van der Waals surface area contributed by atoms with Gasteiger partial charge in [0.05, 0.1) is 0 Å². The summed E-state index contributed by atoms with van der Waals surface area (Å²) >= 11 is 3.85. The van der Waals surface area contributed by atoms with E-state index < -0.39 is 0 Å². The Morgan fingerprint density at radius 1 is 1.24 bits per heavy atom. The van der Waals surface area contributed by atoms with E-state index in [1.807, 2.05) is 23.5 Å². The Kier molecular flexibility index (Phi) is 6.83. The molecule has 5 heteroatoms. The van der Waals surface area contributed by atoms with Crippen molar-refractivity contribution >= 4 is 23.5 Å². The summed E-state index contributed by atoms with van der Waals surface area (Å²) in [6, 6.07) is 3.67. The minimum atomic E-state index is -0.365. The van der Waals surface area contributed by atoms with Crippen LogP contribution >= 0.6 is 23.5 Å². The van der Waals surface area contributed by atoms with E-state index in [0.29, 0.717) is 10.8 Å². The minimum Gasteiger partial charge on any atom is -0.309 e. The van der Waals surface area contributed by atoms with Crippen LogP contribution in [-0.2, 0) is 0 Å². The Morgan fingerprint density at radius 3 is 2.71 bits per heavy atom. The van der Waals surface area contributed by atoms with Gasteiger partial charge in [-0.15, -0.1) is 0 Å². The lowest BCUT2D eigenvalue weighted by Crippen LogP contribution is -2.39. The summed E-state index contributed by atoms with van der Waals surface area (Å²) in [4.78, 5) is 0. The van der Waals surface area contributed by atoms with Gasteiger partial charge in [0.2, 0.25) is 0 Å². The Bertz CT molecular complexity index is 456. The largest absolute Gasteiger partial charge is 0.309 e. The lowest BCUT2D eigenvalue weighted by molar-refractivity contribution is 0.469. The average Bonchev–Trinajstić information content (AvgIpc) is 2.51. The summed E-state index contributed by atoms with van der Waals surface area (Å²) in [5.74, 6) is 1.55. The number of hydrogen-bond acceptors (Lipinski definition) is 3. The summed E-state index contributed by atoms with van der Waals surface area (Å²) in [6.45, 7) is 5.08. The summed E-state index contributed by atoms with van der Waals surface area (Å²) < 4.78 is 27.8. The van der Waals surface area contributed by atoms with Crippen molar-refractivity contribution in [2.45, 2.75) is 43.2 Å². The summed E-state index contributed by atoms with van der Waals surface area (Å²) in [6.07, 6.45) is 2.04. The van der Waals surface area contributed by atoms with E-state index in [-0.39, 0.29) is 22.9 Å². The maximum Gasteiger partial charge on any atom is 0.128 e. The van der Waals surface area contributed by atoms with Crippen LogP contribution in [0.3, 0.4) is 0 Å². The zero-order valence-corrected chi connectivity index (χ0v) is 14.2. The van der Waals surface area contributed by atoms with Gasteiger partial charge in [-0.1, -0.05) is 13.8 Å². The van der Waals surface area contributed by atoms with Gasteiger partial charge in [0.15, 0.2) is 0 Å². The summed E-state index contributed by atoms with van der Waals surface area (Å²) in [5, 5.41) is 4.22. The molecule has 1 aromatic rings. The van der Waals surface area contributed by atoms with Gasteiger partial charge in [0, 0.05) is 33.6 Å². The minimum absolute atomic E-state index is 0.122. The number of hydrogen-bond donors (Lipinski definition) is 1. The van der Waals surface area contributed by atoms with Crippen molar-refractivity contribution in [2.24, 2.45) is 0 Å². The van der Waals surface area contributed by atoms with Gasteiger partial charge < -0.3 is 5.32 Å². The molecule has 1 aliphatic heterocycles. The Morgan fingerprint density at radius 2 is 2.00 bits per heavy atom. The van der Waals surface area contributed by atoms with Gasteiger partial charge in [-0.3, -0.25) is 0 Å². The van der Waals surface area contributed by atoms with E-state index in [4.69, 9.17) is 0 Å². The fraction of sp³-hybridized carbons (Fsp3) is 0.625. The van der Waals surface area contributed by atoms with Crippen LogP contribution in [0.4, 0.5) is 8.78 Å². The molecule has 1 heterocycles. The molecule has 0 bridgehead atoms. The number of rotatable bonds is 6. The van der Waals surface area contributed by atoms with Gasteiger partial charge in [0.25, 0.3) is 0 Å². The second kappa shape index (κ2) is 8.39. The Hall–Kier alpha value is -0.260. The zero-order valence-electron chi connectivity index (χ0n) is 12.6. The Labute approximate surface area is 134 Å². The molecule has 21 heavy (non-hydrogen) atoms. The molecule has 0 aromatic heterocycles. The first-order valence-corrected chi connectivity index (χ1v) is 9.68. The third-order valence-corrected chi connectivity index (χ3v) is 7.08. The van der Waals surface area contributed by atoms with Gasteiger partial charge in [-0.05, 0) is 37.6 Å². The SMILES string of the molecule is CCCNC(c1cc(F)ccc1F)C1SCCSC1CC. The topological polar surface area (TPSA) is 12.0 Å². The molecular formula is C16H23F2NS2. The van der Waals surface area contributed by atoms with Crippen LogP contribution in [0.2, 0.25) is 0 Å². The van der Waals surface area contributed by atoms with Crippen LogP contribution in [0.15, 0.2) is 18.2 Å². The standard InChI is InChI=1S/C16H23F2NS2/c1-3-7-19-15(12-10-11(17)5-6-13(12)18)16-14(4-2)20-8-9-21-16/h5-6,10,14-16,19H,3-4,7-9H2,1-2H3. The van der Waals surface area contributed by atoms with E-state index in [1.165, 1.54) is 18.2 Å². The first kappa shape index (κ1) is 17.1. The van der Waals surface area contributed by atoms with Gasteiger partial charge in [0.1, 0.15) is 11.6 Å². The summed E-state index contributed by atoms with van der Waals surface area (Å²) in [5.41, 5.74) is 0.474. The maximum absolute atomic E-state index is 14.2. The molecule has 0 saturated carbocycles. The number of thioether (sulfide) groups is 2. The molecule has 0 amide bonds. The van der Waals surface area contributed by atoms with Crippen molar-refractivity contribution in [1.29, 1.82) is 0 Å². The van der Waals surface area contributed by atoms with E-state index in [2.05, 4.69) is 19.2 Å². The second-order valence-corrected chi connectivity index (χ2v) is 7.88. The zero-order chi connectivity index (χ0) is 15.2. The molecule has 1 fully saturated rings. The average molecular weight is 331 g/mol. The monoisotopic (exact) mass is 331 g/mol. The molecule has 0 aliphatic carbocycles. The highest BCUT2D eigenvalue weighted by atomic mass is 32.2. The predicted octanol–water partition coefficient (Wildman–Crippen LogP) is 4.63. The molecule has 1 saturated heterocycles. The molecular weight excluding hydrogens is 308 g/mol. The Balaban J connectivity index is 2.30. The maximum atomic E-state index is 14.2. The van der Waals surface area contributed by atoms with Crippen molar-refractivity contribution in [3.8, 4) is 0 Å². The highest BCUT2D eigenvalue weighted by molar-refractivity contribution is 8.07. The second-order valence-electron chi connectivity index (χ2n) is 5.25. The van der Waals surface area contributed by atoms with Crippen LogP contribution < -0.4 is 5.32 Å². The molecule has 0 radical (unpaired) electrons. The molecule has 0 spiro atoms. The lowest BCUT2D eigenvalue weighted by atomic mass is 9.99. The van der Waals surface area contributed by atoms with Crippen LogP contribution in [0.1, 0.15) is 38.3 Å². The van der Waals surface area contributed by atoms with E-state index in [9.17, 15) is 8.78 Å². The molecule has 1 nitrogen and oxygen atoms in total.